The molecular weight excluding hydrogens is 288 g/mol. The standard InChI is InChI=1S/C16H18O4S/c1-13-7-9-16(10-8-13)21(18,19)20-12-15(17)11-14-5-3-2-4-6-14/h2-10,15,17H,11-12H2,1H3/t15-/m0/s1. The summed E-state index contributed by atoms with van der Waals surface area (Å²) in [6.45, 7) is 1.62. The summed E-state index contributed by atoms with van der Waals surface area (Å²) >= 11 is 0. The maximum Gasteiger partial charge on any atom is 0.297 e. The van der Waals surface area contributed by atoms with Gasteiger partial charge in [-0.3, -0.25) is 4.18 Å². The molecule has 0 aromatic heterocycles. The van der Waals surface area contributed by atoms with Crippen molar-refractivity contribution in [2.45, 2.75) is 24.3 Å². The van der Waals surface area contributed by atoms with E-state index in [0.717, 1.165) is 11.1 Å². The van der Waals surface area contributed by atoms with E-state index in [1.165, 1.54) is 12.1 Å². The molecule has 0 saturated heterocycles. The zero-order valence-corrected chi connectivity index (χ0v) is 12.6. The molecule has 112 valence electrons. The molecule has 2 rings (SSSR count). The van der Waals surface area contributed by atoms with E-state index in [2.05, 4.69) is 0 Å². The summed E-state index contributed by atoms with van der Waals surface area (Å²) in [6, 6.07) is 15.8. The van der Waals surface area contributed by atoms with Crippen molar-refractivity contribution in [3.8, 4) is 0 Å². The molecule has 4 nitrogen and oxygen atoms in total. The van der Waals surface area contributed by atoms with Gasteiger partial charge in [0.1, 0.15) is 0 Å². The van der Waals surface area contributed by atoms with Crippen LogP contribution >= 0.6 is 0 Å². The average Bonchev–Trinajstić information content (AvgIpc) is 2.47. The van der Waals surface area contributed by atoms with Gasteiger partial charge in [0.05, 0.1) is 17.6 Å². The van der Waals surface area contributed by atoms with Crippen LogP contribution in [-0.4, -0.2) is 26.2 Å². The highest BCUT2D eigenvalue weighted by molar-refractivity contribution is 7.86. The van der Waals surface area contributed by atoms with Gasteiger partial charge >= 0.3 is 0 Å². The van der Waals surface area contributed by atoms with Crippen LogP contribution in [0.25, 0.3) is 0 Å². The Morgan fingerprint density at radius 1 is 1.05 bits per heavy atom. The van der Waals surface area contributed by atoms with Crippen LogP contribution in [-0.2, 0) is 20.7 Å². The molecule has 1 atom stereocenters. The van der Waals surface area contributed by atoms with E-state index in [4.69, 9.17) is 4.18 Å². The van der Waals surface area contributed by atoms with Crippen molar-refractivity contribution in [1.82, 2.24) is 0 Å². The first-order chi connectivity index (χ1) is 9.97. The number of rotatable bonds is 6. The van der Waals surface area contributed by atoms with E-state index in [1.807, 2.05) is 37.3 Å². The fraction of sp³-hybridized carbons (Fsp3) is 0.250. The maximum atomic E-state index is 12.0. The molecular formula is C16H18O4S. The summed E-state index contributed by atoms with van der Waals surface area (Å²) in [7, 11) is -3.82. The van der Waals surface area contributed by atoms with Gasteiger partial charge in [0.25, 0.3) is 10.1 Å². The van der Waals surface area contributed by atoms with E-state index in [0.29, 0.717) is 6.42 Å². The lowest BCUT2D eigenvalue weighted by molar-refractivity contribution is 0.111. The Hall–Kier alpha value is -1.69. The summed E-state index contributed by atoms with van der Waals surface area (Å²) in [5.41, 5.74) is 1.90. The van der Waals surface area contributed by atoms with Crippen molar-refractivity contribution in [2.75, 3.05) is 6.61 Å². The Morgan fingerprint density at radius 2 is 1.67 bits per heavy atom. The molecule has 0 bridgehead atoms. The lowest BCUT2D eigenvalue weighted by Crippen LogP contribution is -2.21. The van der Waals surface area contributed by atoms with Gasteiger partial charge in [-0.2, -0.15) is 8.42 Å². The van der Waals surface area contributed by atoms with Gasteiger partial charge in [0.2, 0.25) is 0 Å². The van der Waals surface area contributed by atoms with Crippen molar-refractivity contribution < 1.29 is 17.7 Å². The minimum atomic E-state index is -3.82. The van der Waals surface area contributed by atoms with Crippen LogP contribution in [0.1, 0.15) is 11.1 Å². The summed E-state index contributed by atoms with van der Waals surface area (Å²) in [5, 5.41) is 9.87. The number of aryl methyl sites for hydroxylation is 1. The summed E-state index contributed by atoms with van der Waals surface area (Å²) in [5.74, 6) is 0. The molecule has 0 amide bonds. The molecule has 5 heteroatoms. The van der Waals surface area contributed by atoms with Gasteiger partial charge in [-0.15, -0.1) is 0 Å². The van der Waals surface area contributed by atoms with Gasteiger partial charge in [-0.1, -0.05) is 48.0 Å². The highest BCUT2D eigenvalue weighted by atomic mass is 32.2. The second-order valence-electron chi connectivity index (χ2n) is 4.90. The van der Waals surface area contributed by atoms with Gasteiger partial charge in [0.15, 0.2) is 0 Å². The SMILES string of the molecule is Cc1ccc(S(=O)(=O)OC[C@@H](O)Cc2ccccc2)cc1. The fourth-order valence-corrected chi connectivity index (χ4v) is 2.83. The Balaban J connectivity index is 1.94. The van der Waals surface area contributed by atoms with E-state index in [9.17, 15) is 13.5 Å². The van der Waals surface area contributed by atoms with Crippen LogP contribution in [0.4, 0.5) is 0 Å². The minimum absolute atomic E-state index is 0.0972. The van der Waals surface area contributed by atoms with Gasteiger partial charge < -0.3 is 5.11 Å². The Morgan fingerprint density at radius 3 is 2.29 bits per heavy atom. The van der Waals surface area contributed by atoms with Crippen molar-refractivity contribution in [3.05, 3.63) is 65.7 Å². The van der Waals surface area contributed by atoms with E-state index in [1.54, 1.807) is 12.1 Å². The van der Waals surface area contributed by atoms with Crippen LogP contribution in [0.15, 0.2) is 59.5 Å². The predicted octanol–water partition coefficient (Wildman–Crippen LogP) is 2.30. The number of aliphatic hydroxyl groups is 1. The highest BCUT2D eigenvalue weighted by Crippen LogP contribution is 2.14. The van der Waals surface area contributed by atoms with E-state index in [-0.39, 0.29) is 11.5 Å². The Bertz CT molecular complexity index is 663. The monoisotopic (exact) mass is 306 g/mol. The minimum Gasteiger partial charge on any atom is -0.390 e. The summed E-state index contributed by atoms with van der Waals surface area (Å²) in [4.78, 5) is 0.0972. The van der Waals surface area contributed by atoms with Gasteiger partial charge in [-0.05, 0) is 24.6 Å². The predicted molar refractivity (Wildman–Crippen MR) is 80.5 cm³/mol. The average molecular weight is 306 g/mol. The summed E-state index contributed by atoms with van der Waals surface area (Å²) < 4.78 is 28.8. The molecule has 0 fully saturated rings. The van der Waals surface area contributed by atoms with Crippen LogP contribution in [0.2, 0.25) is 0 Å². The van der Waals surface area contributed by atoms with Crippen molar-refractivity contribution in [1.29, 1.82) is 0 Å². The van der Waals surface area contributed by atoms with Crippen LogP contribution in [0.5, 0.6) is 0 Å². The third-order valence-electron chi connectivity index (χ3n) is 3.04. The second-order valence-corrected chi connectivity index (χ2v) is 6.51. The smallest absolute Gasteiger partial charge is 0.297 e. The highest BCUT2D eigenvalue weighted by Gasteiger charge is 2.17. The molecule has 0 heterocycles. The third-order valence-corrected chi connectivity index (χ3v) is 4.34. The number of aliphatic hydroxyl groups excluding tert-OH is 1. The summed E-state index contributed by atoms with van der Waals surface area (Å²) in [6.07, 6.45) is -0.516. The Kier molecular flexibility index (Phi) is 5.12. The molecule has 2 aromatic rings. The lowest BCUT2D eigenvalue weighted by Gasteiger charge is -2.11. The zero-order chi connectivity index (χ0) is 15.3. The number of benzene rings is 2. The molecule has 1 N–H and O–H groups in total. The number of hydrogen-bond acceptors (Lipinski definition) is 4. The Labute approximate surface area is 125 Å². The normalized spacial score (nSPS) is 13.0. The molecule has 0 radical (unpaired) electrons. The third kappa shape index (κ3) is 4.67. The van der Waals surface area contributed by atoms with Crippen LogP contribution in [0.3, 0.4) is 0 Å². The molecule has 0 aliphatic heterocycles. The van der Waals surface area contributed by atoms with Crippen LogP contribution < -0.4 is 0 Å². The molecule has 0 unspecified atom stereocenters. The second kappa shape index (κ2) is 6.85. The van der Waals surface area contributed by atoms with Gasteiger partial charge in [0, 0.05) is 6.42 Å². The topological polar surface area (TPSA) is 63.6 Å². The molecule has 0 aliphatic carbocycles. The van der Waals surface area contributed by atoms with Crippen LogP contribution in [0, 0.1) is 6.92 Å². The van der Waals surface area contributed by atoms with Gasteiger partial charge in [-0.25, -0.2) is 0 Å². The first-order valence-electron chi connectivity index (χ1n) is 6.65. The number of hydrogen-bond donors (Lipinski definition) is 1. The first-order valence-corrected chi connectivity index (χ1v) is 8.06. The molecule has 0 saturated carbocycles. The maximum absolute atomic E-state index is 12.0. The van der Waals surface area contributed by atoms with E-state index >= 15 is 0 Å². The quantitative estimate of drug-likeness (QED) is 0.832. The zero-order valence-electron chi connectivity index (χ0n) is 11.8. The fourth-order valence-electron chi connectivity index (χ4n) is 1.89. The van der Waals surface area contributed by atoms with Crippen molar-refractivity contribution in [2.24, 2.45) is 0 Å². The largest absolute Gasteiger partial charge is 0.390 e. The molecule has 21 heavy (non-hydrogen) atoms. The van der Waals surface area contributed by atoms with E-state index < -0.39 is 16.2 Å². The molecule has 0 spiro atoms. The lowest BCUT2D eigenvalue weighted by atomic mass is 10.1. The van der Waals surface area contributed by atoms with Crippen molar-refractivity contribution >= 4 is 10.1 Å². The first kappa shape index (κ1) is 15.7. The molecule has 0 aliphatic rings. The van der Waals surface area contributed by atoms with Crippen molar-refractivity contribution in [3.63, 3.8) is 0 Å². The molecule has 2 aromatic carbocycles.